The van der Waals surface area contributed by atoms with Gasteiger partial charge in [0.1, 0.15) is 0 Å². The second kappa shape index (κ2) is 9.56. The summed E-state index contributed by atoms with van der Waals surface area (Å²) in [5.74, 6) is 0.737. The Hall–Kier alpha value is -1.87. The molecule has 2 aromatic carbocycles. The first-order valence-corrected chi connectivity index (χ1v) is 11.7. The third-order valence-corrected chi connectivity index (χ3v) is 7.51. The van der Waals surface area contributed by atoms with Gasteiger partial charge in [-0.15, -0.1) is 11.8 Å². The zero-order valence-corrected chi connectivity index (χ0v) is 17.4. The van der Waals surface area contributed by atoms with E-state index in [0.29, 0.717) is 37.6 Å². The Morgan fingerprint density at radius 3 is 2.46 bits per heavy atom. The van der Waals surface area contributed by atoms with Crippen molar-refractivity contribution in [2.45, 2.75) is 23.1 Å². The molecular weight excluding hydrogens is 396 g/mol. The molecule has 0 aliphatic carbocycles. The Balaban J connectivity index is 1.72. The zero-order valence-electron chi connectivity index (χ0n) is 15.8. The van der Waals surface area contributed by atoms with Crippen LogP contribution in [-0.2, 0) is 14.8 Å². The number of anilines is 1. The molecule has 1 fully saturated rings. The fourth-order valence-electron chi connectivity index (χ4n) is 2.84. The number of hydrogen-bond donors (Lipinski definition) is 1. The molecule has 6 nitrogen and oxygen atoms in total. The molecule has 1 aliphatic rings. The highest BCUT2D eigenvalue weighted by molar-refractivity contribution is 7.99. The summed E-state index contributed by atoms with van der Waals surface area (Å²) in [6, 6.07) is 13.8. The van der Waals surface area contributed by atoms with E-state index in [1.807, 2.05) is 18.2 Å². The molecule has 1 amide bonds. The summed E-state index contributed by atoms with van der Waals surface area (Å²) in [4.78, 5) is 13.8. The number of rotatable bonds is 7. The number of nitrogens with zero attached hydrogens (tertiary/aromatic N) is 1. The largest absolute Gasteiger partial charge is 0.379 e. The van der Waals surface area contributed by atoms with Crippen molar-refractivity contribution in [1.29, 1.82) is 0 Å². The molecule has 0 saturated carbocycles. The van der Waals surface area contributed by atoms with Gasteiger partial charge in [-0.3, -0.25) is 4.79 Å². The quantitative estimate of drug-likeness (QED) is 0.694. The van der Waals surface area contributed by atoms with Crippen LogP contribution < -0.4 is 5.32 Å². The summed E-state index contributed by atoms with van der Waals surface area (Å²) in [5, 5.41) is 2.85. The van der Waals surface area contributed by atoms with Crippen LogP contribution in [0.15, 0.2) is 58.3 Å². The minimum absolute atomic E-state index is 0.206. The van der Waals surface area contributed by atoms with Gasteiger partial charge in [0.2, 0.25) is 10.0 Å². The molecule has 28 heavy (non-hydrogen) atoms. The molecule has 0 radical (unpaired) electrons. The van der Waals surface area contributed by atoms with E-state index in [1.165, 1.54) is 16.4 Å². The highest BCUT2D eigenvalue weighted by Crippen LogP contribution is 2.25. The molecule has 3 rings (SSSR count). The first kappa shape index (κ1) is 20.9. The van der Waals surface area contributed by atoms with Crippen LogP contribution in [0.2, 0.25) is 0 Å². The second-order valence-electron chi connectivity index (χ2n) is 6.34. The Morgan fingerprint density at radius 2 is 1.79 bits per heavy atom. The number of amides is 1. The predicted molar refractivity (Wildman–Crippen MR) is 111 cm³/mol. The molecule has 1 saturated heterocycles. The Bertz CT molecular complexity index is 908. The van der Waals surface area contributed by atoms with Crippen molar-refractivity contribution >= 4 is 33.4 Å². The van der Waals surface area contributed by atoms with Crippen molar-refractivity contribution in [3.63, 3.8) is 0 Å². The number of ether oxygens (including phenoxy) is 1. The molecule has 1 aliphatic heterocycles. The maximum absolute atomic E-state index is 12.7. The third kappa shape index (κ3) is 4.94. The summed E-state index contributed by atoms with van der Waals surface area (Å²) in [6.07, 6.45) is 1.03. The lowest BCUT2D eigenvalue weighted by Crippen LogP contribution is -2.40. The lowest BCUT2D eigenvalue weighted by atomic mass is 10.2. The van der Waals surface area contributed by atoms with Gasteiger partial charge in [0.15, 0.2) is 0 Å². The number of sulfonamides is 1. The van der Waals surface area contributed by atoms with Crippen LogP contribution in [0.25, 0.3) is 0 Å². The topological polar surface area (TPSA) is 75.7 Å². The predicted octanol–water partition coefficient (Wildman–Crippen LogP) is 3.46. The van der Waals surface area contributed by atoms with Crippen molar-refractivity contribution in [1.82, 2.24) is 4.31 Å². The van der Waals surface area contributed by atoms with Gasteiger partial charge in [-0.2, -0.15) is 4.31 Å². The van der Waals surface area contributed by atoms with Crippen LogP contribution in [0.3, 0.4) is 0 Å². The number of benzene rings is 2. The van der Waals surface area contributed by atoms with E-state index in [4.69, 9.17) is 4.74 Å². The van der Waals surface area contributed by atoms with E-state index in [0.717, 1.165) is 17.1 Å². The van der Waals surface area contributed by atoms with Crippen LogP contribution in [0, 0.1) is 0 Å². The van der Waals surface area contributed by atoms with Crippen LogP contribution in [0.5, 0.6) is 0 Å². The van der Waals surface area contributed by atoms with Gasteiger partial charge < -0.3 is 10.1 Å². The van der Waals surface area contributed by atoms with Crippen LogP contribution >= 0.6 is 11.8 Å². The van der Waals surface area contributed by atoms with Crippen molar-refractivity contribution in [3.05, 3.63) is 54.1 Å². The average Bonchev–Trinajstić information content (AvgIpc) is 2.73. The number of carbonyl (C=O) groups excluding carboxylic acids is 1. The summed E-state index contributed by atoms with van der Waals surface area (Å²) in [6.45, 7) is 3.62. The van der Waals surface area contributed by atoms with Gasteiger partial charge >= 0.3 is 0 Å². The molecule has 2 aromatic rings. The molecule has 0 bridgehead atoms. The van der Waals surface area contributed by atoms with Gasteiger partial charge in [0.05, 0.1) is 23.7 Å². The maximum Gasteiger partial charge on any atom is 0.256 e. The van der Waals surface area contributed by atoms with E-state index in [1.54, 1.807) is 30.0 Å². The molecule has 8 heteroatoms. The molecular formula is C20H24N2O4S2. The van der Waals surface area contributed by atoms with Gasteiger partial charge in [0, 0.05) is 23.7 Å². The summed E-state index contributed by atoms with van der Waals surface area (Å²) in [5.41, 5.74) is 1.17. The standard InChI is InChI=1S/C20H24N2O4S2/c1-2-15-27-19-6-4-3-5-18(19)20(23)21-16-7-9-17(10-8-16)28(24,25)22-11-13-26-14-12-22/h3-10H,2,11-15H2,1H3,(H,21,23). The first-order valence-electron chi connectivity index (χ1n) is 9.23. The van der Waals surface area contributed by atoms with Gasteiger partial charge in [-0.1, -0.05) is 19.1 Å². The summed E-state index contributed by atoms with van der Waals surface area (Å²) in [7, 11) is -3.54. The Kier molecular flexibility index (Phi) is 7.12. The second-order valence-corrected chi connectivity index (χ2v) is 9.41. The maximum atomic E-state index is 12.7. The molecule has 150 valence electrons. The average molecular weight is 421 g/mol. The fourth-order valence-corrected chi connectivity index (χ4v) is 5.16. The van der Waals surface area contributed by atoms with Crippen molar-refractivity contribution in [2.75, 3.05) is 37.4 Å². The molecule has 0 unspecified atom stereocenters. The number of hydrogen-bond acceptors (Lipinski definition) is 5. The number of morpholine rings is 1. The van der Waals surface area contributed by atoms with Gasteiger partial charge in [-0.25, -0.2) is 8.42 Å². The van der Waals surface area contributed by atoms with Gasteiger partial charge in [-0.05, 0) is 48.6 Å². The van der Waals surface area contributed by atoms with Crippen LogP contribution in [0.1, 0.15) is 23.7 Å². The van der Waals surface area contributed by atoms with Crippen molar-refractivity contribution in [3.8, 4) is 0 Å². The Morgan fingerprint density at radius 1 is 1.11 bits per heavy atom. The molecule has 0 spiro atoms. The SMILES string of the molecule is CCCSc1ccccc1C(=O)Nc1ccc(S(=O)(=O)N2CCOCC2)cc1. The summed E-state index contributed by atoms with van der Waals surface area (Å²) >= 11 is 1.65. The normalized spacial score (nSPS) is 15.3. The highest BCUT2D eigenvalue weighted by atomic mass is 32.2. The molecule has 1 N–H and O–H groups in total. The molecule has 1 heterocycles. The van der Waals surface area contributed by atoms with Crippen molar-refractivity contribution < 1.29 is 17.9 Å². The Labute approximate surface area is 170 Å². The van der Waals surface area contributed by atoms with Crippen molar-refractivity contribution in [2.24, 2.45) is 0 Å². The number of thioether (sulfide) groups is 1. The zero-order chi connectivity index (χ0) is 20.0. The van der Waals surface area contributed by atoms with Gasteiger partial charge in [0.25, 0.3) is 5.91 Å². The number of nitrogens with one attached hydrogen (secondary N) is 1. The van der Waals surface area contributed by atoms with E-state index < -0.39 is 10.0 Å². The molecule has 0 atom stereocenters. The van der Waals surface area contributed by atoms with E-state index >= 15 is 0 Å². The monoisotopic (exact) mass is 420 g/mol. The smallest absolute Gasteiger partial charge is 0.256 e. The molecule has 0 aromatic heterocycles. The van der Waals surface area contributed by atoms with E-state index in [2.05, 4.69) is 12.2 Å². The minimum Gasteiger partial charge on any atom is -0.379 e. The lowest BCUT2D eigenvalue weighted by Gasteiger charge is -2.26. The highest BCUT2D eigenvalue weighted by Gasteiger charge is 2.26. The summed E-state index contributed by atoms with van der Waals surface area (Å²) < 4.78 is 32.0. The number of carbonyl (C=O) groups is 1. The van der Waals surface area contributed by atoms with E-state index in [-0.39, 0.29) is 10.8 Å². The first-order chi connectivity index (χ1) is 13.5. The van der Waals surface area contributed by atoms with Crippen LogP contribution in [0.4, 0.5) is 5.69 Å². The minimum atomic E-state index is -3.54. The lowest BCUT2D eigenvalue weighted by molar-refractivity contribution is 0.0730. The van der Waals surface area contributed by atoms with Crippen LogP contribution in [-0.4, -0.2) is 50.7 Å². The fraction of sp³-hybridized carbons (Fsp3) is 0.350. The third-order valence-electron chi connectivity index (χ3n) is 4.31. The van der Waals surface area contributed by atoms with E-state index in [9.17, 15) is 13.2 Å².